The third-order valence-electron chi connectivity index (χ3n) is 4.17. The number of nitrogens with zero attached hydrogens (tertiary/aromatic N) is 3. The van der Waals surface area contributed by atoms with Crippen LogP contribution in [0.25, 0.3) is 11.3 Å². The van der Waals surface area contributed by atoms with Crippen molar-refractivity contribution in [3.05, 3.63) is 61.1 Å². The summed E-state index contributed by atoms with van der Waals surface area (Å²) >= 11 is 0. The molecular weight excluding hydrogens is 316 g/mol. The Labute approximate surface area is 146 Å². The average molecular weight is 338 g/mol. The highest BCUT2D eigenvalue weighted by Gasteiger charge is 2.27. The van der Waals surface area contributed by atoms with Crippen molar-refractivity contribution in [3.63, 3.8) is 0 Å². The molecule has 0 radical (unpaired) electrons. The highest BCUT2D eigenvalue weighted by Crippen LogP contribution is 2.22. The van der Waals surface area contributed by atoms with E-state index in [-0.39, 0.29) is 17.4 Å². The highest BCUT2D eigenvalue weighted by molar-refractivity contribution is 5.94. The number of carbonyl (C=O) groups excluding carboxylic acids is 1. The molecule has 0 fully saturated rings. The van der Waals surface area contributed by atoms with E-state index in [9.17, 15) is 4.79 Å². The Morgan fingerprint density at radius 3 is 2.56 bits per heavy atom. The lowest BCUT2D eigenvalue weighted by Gasteiger charge is -2.31. The fraction of sp³-hybridized carbons (Fsp3) is 0.316. The molecule has 1 amide bonds. The quantitative estimate of drug-likeness (QED) is 0.774. The fourth-order valence-electron chi connectivity index (χ4n) is 2.53. The van der Waals surface area contributed by atoms with Crippen LogP contribution in [0.15, 0.2) is 60.0 Å². The summed E-state index contributed by atoms with van der Waals surface area (Å²) in [5, 5.41) is 3.14. The zero-order valence-electron chi connectivity index (χ0n) is 14.6. The summed E-state index contributed by atoms with van der Waals surface area (Å²) in [7, 11) is 0. The van der Waals surface area contributed by atoms with Gasteiger partial charge in [-0.15, -0.1) is 0 Å². The van der Waals surface area contributed by atoms with E-state index >= 15 is 0 Å². The molecule has 0 aliphatic carbocycles. The van der Waals surface area contributed by atoms with Crippen molar-refractivity contribution in [2.75, 3.05) is 0 Å². The van der Waals surface area contributed by atoms with Crippen LogP contribution in [0.3, 0.4) is 0 Å². The van der Waals surface area contributed by atoms with Gasteiger partial charge >= 0.3 is 0 Å². The van der Waals surface area contributed by atoms with Gasteiger partial charge in [0.2, 0.25) is 0 Å². The maximum Gasteiger partial charge on any atom is 0.251 e. The van der Waals surface area contributed by atoms with Crippen LogP contribution in [0.4, 0.5) is 0 Å². The van der Waals surface area contributed by atoms with Crippen LogP contribution in [0.2, 0.25) is 0 Å². The molecule has 1 atom stereocenters. The topological polar surface area (TPSA) is 73.0 Å². The summed E-state index contributed by atoms with van der Waals surface area (Å²) in [6, 6.07) is 7.28. The van der Waals surface area contributed by atoms with Crippen LogP contribution in [0.1, 0.15) is 31.1 Å². The second-order valence-electron chi connectivity index (χ2n) is 7.09. The van der Waals surface area contributed by atoms with Gasteiger partial charge < -0.3 is 14.3 Å². The van der Waals surface area contributed by atoms with Crippen LogP contribution < -0.4 is 5.32 Å². The van der Waals surface area contributed by atoms with E-state index in [2.05, 4.69) is 36.1 Å². The van der Waals surface area contributed by atoms with E-state index in [4.69, 9.17) is 4.42 Å². The summed E-state index contributed by atoms with van der Waals surface area (Å²) in [6.45, 7) is 7.01. The normalized spacial score (nSPS) is 12.8. The molecule has 0 aliphatic rings. The molecule has 25 heavy (non-hydrogen) atoms. The molecule has 0 aliphatic heterocycles. The average Bonchev–Trinajstić information content (AvgIpc) is 3.27. The standard InChI is InChI=1S/C19H22N4O2/c1-19(2,3)17(11-23-9-8-20-12-23)22-18(24)15-6-4-14(5-7-15)16-10-21-13-25-16/h4-10,12-13,17H,11H2,1-3H3,(H,22,24)/t17-/m0/s1. The monoisotopic (exact) mass is 338 g/mol. The van der Waals surface area contributed by atoms with Gasteiger partial charge in [0.15, 0.2) is 12.2 Å². The molecule has 3 rings (SSSR count). The van der Waals surface area contributed by atoms with Gasteiger partial charge in [0.05, 0.1) is 18.6 Å². The Morgan fingerprint density at radius 2 is 2.00 bits per heavy atom. The Hall–Kier alpha value is -2.89. The first-order valence-corrected chi connectivity index (χ1v) is 8.19. The summed E-state index contributed by atoms with van der Waals surface area (Å²) in [5.74, 6) is 0.587. The molecule has 0 bridgehead atoms. The number of amides is 1. The second kappa shape index (κ2) is 6.93. The first-order chi connectivity index (χ1) is 11.9. The Morgan fingerprint density at radius 1 is 1.24 bits per heavy atom. The van der Waals surface area contributed by atoms with Crippen molar-refractivity contribution >= 4 is 5.91 Å². The molecule has 2 aromatic heterocycles. The number of rotatable bonds is 5. The third-order valence-corrected chi connectivity index (χ3v) is 4.17. The van der Waals surface area contributed by atoms with Crippen LogP contribution in [-0.2, 0) is 6.54 Å². The third kappa shape index (κ3) is 4.15. The molecule has 0 saturated carbocycles. The van der Waals surface area contributed by atoms with Crippen LogP contribution in [0, 0.1) is 5.41 Å². The second-order valence-corrected chi connectivity index (χ2v) is 7.09. The zero-order chi connectivity index (χ0) is 17.9. The molecule has 0 unspecified atom stereocenters. The van der Waals surface area contributed by atoms with Crippen molar-refractivity contribution in [2.45, 2.75) is 33.4 Å². The number of aromatic nitrogens is 3. The van der Waals surface area contributed by atoms with Gasteiger partial charge in [-0.3, -0.25) is 4.79 Å². The minimum Gasteiger partial charge on any atom is -0.444 e. The van der Waals surface area contributed by atoms with E-state index in [1.807, 2.05) is 22.9 Å². The predicted molar refractivity (Wildman–Crippen MR) is 94.9 cm³/mol. The summed E-state index contributed by atoms with van der Waals surface area (Å²) < 4.78 is 7.24. The molecule has 0 saturated heterocycles. The lowest BCUT2D eigenvalue weighted by Crippen LogP contribution is -2.46. The SMILES string of the molecule is CC(C)(C)[C@H](Cn1ccnc1)NC(=O)c1ccc(-c2cnco2)cc1. The van der Waals surface area contributed by atoms with Gasteiger partial charge in [-0.2, -0.15) is 0 Å². The molecular formula is C19H22N4O2. The van der Waals surface area contributed by atoms with Gasteiger partial charge in [-0.05, 0) is 17.5 Å². The largest absolute Gasteiger partial charge is 0.444 e. The molecule has 1 aromatic carbocycles. The fourth-order valence-corrected chi connectivity index (χ4v) is 2.53. The summed E-state index contributed by atoms with van der Waals surface area (Å²) in [5.41, 5.74) is 1.42. The summed E-state index contributed by atoms with van der Waals surface area (Å²) in [4.78, 5) is 20.6. The van der Waals surface area contributed by atoms with Gasteiger partial charge in [0, 0.05) is 30.1 Å². The summed E-state index contributed by atoms with van der Waals surface area (Å²) in [6.07, 6.45) is 8.44. The van der Waals surface area contributed by atoms with E-state index in [1.165, 1.54) is 6.39 Å². The number of hydrogen-bond donors (Lipinski definition) is 1. The van der Waals surface area contributed by atoms with E-state index in [1.54, 1.807) is 30.9 Å². The minimum atomic E-state index is -0.0934. The van der Waals surface area contributed by atoms with E-state index in [0.29, 0.717) is 17.9 Å². The Kier molecular flexibility index (Phi) is 4.70. The van der Waals surface area contributed by atoms with Crippen molar-refractivity contribution in [2.24, 2.45) is 5.41 Å². The number of imidazole rings is 1. The van der Waals surface area contributed by atoms with Crippen LogP contribution in [0.5, 0.6) is 0 Å². The van der Waals surface area contributed by atoms with Crippen molar-refractivity contribution in [1.29, 1.82) is 0 Å². The zero-order valence-corrected chi connectivity index (χ0v) is 14.6. The number of oxazole rings is 1. The minimum absolute atomic E-state index is 0.0249. The molecule has 1 N–H and O–H groups in total. The van der Waals surface area contributed by atoms with Crippen molar-refractivity contribution < 1.29 is 9.21 Å². The van der Waals surface area contributed by atoms with E-state index in [0.717, 1.165) is 5.56 Å². The number of nitrogens with one attached hydrogen (secondary N) is 1. The van der Waals surface area contributed by atoms with Crippen molar-refractivity contribution in [3.8, 4) is 11.3 Å². The number of benzene rings is 1. The molecule has 6 heteroatoms. The molecule has 3 aromatic rings. The van der Waals surface area contributed by atoms with Crippen LogP contribution in [-0.4, -0.2) is 26.5 Å². The Balaban J connectivity index is 1.72. The highest BCUT2D eigenvalue weighted by atomic mass is 16.3. The van der Waals surface area contributed by atoms with Gasteiger partial charge in [0.25, 0.3) is 5.91 Å². The van der Waals surface area contributed by atoms with E-state index < -0.39 is 0 Å². The van der Waals surface area contributed by atoms with Crippen LogP contribution >= 0.6 is 0 Å². The molecule has 130 valence electrons. The van der Waals surface area contributed by atoms with Gasteiger partial charge in [0.1, 0.15) is 0 Å². The maximum absolute atomic E-state index is 12.7. The Bertz CT molecular complexity index is 800. The first kappa shape index (κ1) is 17.0. The lowest BCUT2D eigenvalue weighted by molar-refractivity contribution is 0.0892. The smallest absolute Gasteiger partial charge is 0.251 e. The maximum atomic E-state index is 12.7. The first-order valence-electron chi connectivity index (χ1n) is 8.19. The predicted octanol–water partition coefficient (Wildman–Crippen LogP) is 3.38. The number of hydrogen-bond acceptors (Lipinski definition) is 4. The molecule has 0 spiro atoms. The molecule has 6 nitrogen and oxygen atoms in total. The lowest BCUT2D eigenvalue weighted by atomic mass is 9.86. The van der Waals surface area contributed by atoms with Gasteiger partial charge in [-0.25, -0.2) is 9.97 Å². The molecule has 2 heterocycles. The number of carbonyl (C=O) groups is 1. The van der Waals surface area contributed by atoms with Crippen molar-refractivity contribution in [1.82, 2.24) is 19.9 Å². The van der Waals surface area contributed by atoms with Gasteiger partial charge in [-0.1, -0.05) is 32.9 Å².